The zero-order valence-electron chi connectivity index (χ0n) is 8.47. The second-order valence-electron chi connectivity index (χ2n) is 3.39. The number of nitrogens with two attached hydrogens (primary N) is 1. The Bertz CT molecular complexity index is 596. The van der Waals surface area contributed by atoms with Crippen LogP contribution in [0.25, 0.3) is 10.8 Å². The van der Waals surface area contributed by atoms with Crippen molar-refractivity contribution >= 4 is 16.7 Å². The van der Waals surface area contributed by atoms with Crippen LogP contribution in [0, 0.1) is 17.8 Å². The molecule has 2 N–H and O–H groups in total. The summed E-state index contributed by atoms with van der Waals surface area (Å²) in [4.78, 5) is 11.2. The van der Waals surface area contributed by atoms with Gasteiger partial charge in [0.2, 0.25) is 5.91 Å². The molecule has 0 bridgehead atoms. The summed E-state index contributed by atoms with van der Waals surface area (Å²) >= 11 is 0. The number of carbonyl (C=O) groups excluding carboxylic acids is 1. The van der Waals surface area contributed by atoms with E-state index in [4.69, 9.17) is 11.0 Å². The van der Waals surface area contributed by atoms with Crippen molar-refractivity contribution in [3.8, 4) is 6.07 Å². The molecular formula is C13H9N2O. The molecule has 77 valence electrons. The zero-order valence-corrected chi connectivity index (χ0v) is 8.47. The van der Waals surface area contributed by atoms with Gasteiger partial charge in [0.25, 0.3) is 0 Å². The molecule has 2 aromatic rings. The van der Waals surface area contributed by atoms with E-state index < -0.39 is 5.91 Å². The van der Waals surface area contributed by atoms with E-state index in [1.54, 1.807) is 6.07 Å². The molecular weight excluding hydrogens is 200 g/mol. The number of primary amides is 1. The second kappa shape index (κ2) is 4.03. The van der Waals surface area contributed by atoms with Gasteiger partial charge in [-0.25, -0.2) is 0 Å². The Morgan fingerprint density at radius 1 is 1.25 bits per heavy atom. The Kier molecular flexibility index (Phi) is 2.57. The molecule has 1 radical (unpaired) electrons. The van der Waals surface area contributed by atoms with Gasteiger partial charge in [-0.1, -0.05) is 30.3 Å². The van der Waals surface area contributed by atoms with Gasteiger partial charge in [0, 0.05) is 5.56 Å². The standard InChI is InChI=1S/C13H9N2O/c14-8-7-11-10-4-2-1-3-9(10)5-6-12(11)13(15)16/h1-7H,(H2,15,16). The lowest BCUT2D eigenvalue weighted by atomic mass is 9.97. The topological polar surface area (TPSA) is 66.9 Å². The highest BCUT2D eigenvalue weighted by Crippen LogP contribution is 2.23. The number of nitriles is 1. The SMILES string of the molecule is N#C[CH]c1c(C(N)=O)ccc2ccccc12. The number of carbonyl (C=O) groups is 1. The molecule has 0 spiro atoms. The van der Waals surface area contributed by atoms with Gasteiger partial charge in [-0.05, 0) is 22.4 Å². The van der Waals surface area contributed by atoms with Crippen molar-refractivity contribution in [3.63, 3.8) is 0 Å². The third-order valence-corrected chi connectivity index (χ3v) is 2.45. The summed E-state index contributed by atoms with van der Waals surface area (Å²) in [5, 5.41) is 10.6. The first-order chi connectivity index (χ1) is 7.74. The number of nitrogens with zero attached hydrogens (tertiary/aromatic N) is 1. The summed E-state index contributed by atoms with van der Waals surface area (Å²) < 4.78 is 0. The first kappa shape index (κ1) is 10.2. The van der Waals surface area contributed by atoms with Gasteiger partial charge >= 0.3 is 0 Å². The highest BCUT2D eigenvalue weighted by atomic mass is 16.1. The summed E-state index contributed by atoms with van der Waals surface area (Å²) in [5.41, 5.74) is 6.23. The van der Waals surface area contributed by atoms with E-state index in [0.717, 1.165) is 10.8 Å². The monoisotopic (exact) mass is 209 g/mol. The fourth-order valence-electron chi connectivity index (χ4n) is 1.73. The third-order valence-electron chi connectivity index (χ3n) is 2.45. The summed E-state index contributed by atoms with van der Waals surface area (Å²) in [6.45, 7) is 0. The van der Waals surface area contributed by atoms with Crippen LogP contribution in [0.15, 0.2) is 36.4 Å². The van der Waals surface area contributed by atoms with Crippen LogP contribution < -0.4 is 5.73 Å². The summed E-state index contributed by atoms with van der Waals surface area (Å²) in [5.74, 6) is -0.521. The molecule has 0 heterocycles. The molecule has 0 unspecified atom stereocenters. The lowest BCUT2D eigenvalue weighted by Crippen LogP contribution is -2.13. The molecule has 0 aliphatic carbocycles. The van der Waals surface area contributed by atoms with Crippen molar-refractivity contribution in [2.45, 2.75) is 0 Å². The van der Waals surface area contributed by atoms with Crippen molar-refractivity contribution in [2.75, 3.05) is 0 Å². The van der Waals surface area contributed by atoms with E-state index in [2.05, 4.69) is 0 Å². The van der Waals surface area contributed by atoms with E-state index in [1.807, 2.05) is 36.4 Å². The quantitative estimate of drug-likeness (QED) is 0.822. The van der Waals surface area contributed by atoms with Crippen LogP contribution in [-0.2, 0) is 0 Å². The van der Waals surface area contributed by atoms with Crippen LogP contribution in [0.2, 0.25) is 0 Å². The van der Waals surface area contributed by atoms with Crippen molar-refractivity contribution in [1.82, 2.24) is 0 Å². The fraction of sp³-hybridized carbons (Fsp3) is 0. The average molecular weight is 209 g/mol. The largest absolute Gasteiger partial charge is 0.366 e. The first-order valence-electron chi connectivity index (χ1n) is 4.78. The molecule has 3 heteroatoms. The van der Waals surface area contributed by atoms with E-state index >= 15 is 0 Å². The van der Waals surface area contributed by atoms with Crippen LogP contribution in [0.4, 0.5) is 0 Å². The van der Waals surface area contributed by atoms with Gasteiger partial charge in [-0.15, -0.1) is 0 Å². The van der Waals surface area contributed by atoms with Crippen molar-refractivity contribution < 1.29 is 4.79 Å². The minimum atomic E-state index is -0.521. The molecule has 1 amide bonds. The van der Waals surface area contributed by atoms with E-state index in [-0.39, 0.29) is 0 Å². The van der Waals surface area contributed by atoms with Crippen LogP contribution in [0.3, 0.4) is 0 Å². The number of amides is 1. The van der Waals surface area contributed by atoms with Gasteiger partial charge in [0.15, 0.2) is 0 Å². The van der Waals surface area contributed by atoms with Crippen LogP contribution in [0.1, 0.15) is 15.9 Å². The lowest BCUT2D eigenvalue weighted by molar-refractivity contribution is 0.1000. The number of hydrogen-bond donors (Lipinski definition) is 1. The normalized spacial score (nSPS) is 9.94. The minimum Gasteiger partial charge on any atom is -0.366 e. The first-order valence-corrected chi connectivity index (χ1v) is 4.78. The Labute approximate surface area is 93.1 Å². The van der Waals surface area contributed by atoms with Gasteiger partial charge in [0.1, 0.15) is 0 Å². The van der Waals surface area contributed by atoms with Gasteiger partial charge in [-0.2, -0.15) is 5.26 Å². The maximum Gasteiger partial charge on any atom is 0.249 e. The highest BCUT2D eigenvalue weighted by molar-refractivity contribution is 6.01. The second-order valence-corrected chi connectivity index (χ2v) is 3.39. The number of hydrogen-bond acceptors (Lipinski definition) is 2. The number of rotatable bonds is 2. The Balaban J connectivity index is 2.79. The van der Waals surface area contributed by atoms with Crippen LogP contribution >= 0.6 is 0 Å². The average Bonchev–Trinajstić information content (AvgIpc) is 2.29. The molecule has 0 saturated carbocycles. The predicted molar refractivity (Wildman–Crippen MR) is 61.5 cm³/mol. The van der Waals surface area contributed by atoms with Crippen molar-refractivity contribution in [3.05, 3.63) is 53.9 Å². The maximum atomic E-state index is 11.2. The Hall–Kier alpha value is -2.34. The van der Waals surface area contributed by atoms with Gasteiger partial charge < -0.3 is 5.73 Å². The van der Waals surface area contributed by atoms with E-state index in [1.165, 1.54) is 6.42 Å². The van der Waals surface area contributed by atoms with Gasteiger partial charge in [0.05, 0.1) is 12.5 Å². The molecule has 16 heavy (non-hydrogen) atoms. The van der Waals surface area contributed by atoms with Crippen LogP contribution in [-0.4, -0.2) is 5.91 Å². The molecule has 2 rings (SSSR count). The van der Waals surface area contributed by atoms with Crippen molar-refractivity contribution in [1.29, 1.82) is 5.26 Å². The molecule has 0 aromatic heterocycles. The number of benzene rings is 2. The molecule has 3 nitrogen and oxygen atoms in total. The lowest BCUT2D eigenvalue weighted by Gasteiger charge is -2.07. The molecule has 0 saturated heterocycles. The fourth-order valence-corrected chi connectivity index (χ4v) is 1.73. The van der Waals surface area contributed by atoms with E-state index in [9.17, 15) is 4.79 Å². The third kappa shape index (κ3) is 1.61. The summed E-state index contributed by atoms with van der Waals surface area (Å²) in [6.07, 6.45) is 1.35. The molecule has 0 fully saturated rings. The van der Waals surface area contributed by atoms with Gasteiger partial charge in [-0.3, -0.25) is 4.79 Å². The summed E-state index contributed by atoms with van der Waals surface area (Å²) in [7, 11) is 0. The molecule has 0 aliphatic heterocycles. The Morgan fingerprint density at radius 3 is 2.69 bits per heavy atom. The van der Waals surface area contributed by atoms with Crippen molar-refractivity contribution in [2.24, 2.45) is 5.73 Å². The smallest absolute Gasteiger partial charge is 0.249 e. The summed E-state index contributed by atoms with van der Waals surface area (Å²) in [6, 6.07) is 13.0. The van der Waals surface area contributed by atoms with Crippen LogP contribution in [0.5, 0.6) is 0 Å². The molecule has 2 aromatic carbocycles. The Morgan fingerprint density at radius 2 is 2.00 bits per heavy atom. The van der Waals surface area contributed by atoms with E-state index in [0.29, 0.717) is 11.1 Å². The molecule has 0 atom stereocenters. The highest BCUT2D eigenvalue weighted by Gasteiger charge is 2.11. The number of fused-ring (bicyclic) bond motifs is 1. The maximum absolute atomic E-state index is 11.2. The molecule has 0 aliphatic rings. The zero-order chi connectivity index (χ0) is 11.5. The minimum absolute atomic E-state index is 0.375. The predicted octanol–water partition coefficient (Wildman–Crippen LogP) is 2.01.